The third kappa shape index (κ3) is 3.22. The van der Waals surface area contributed by atoms with E-state index < -0.39 is 5.92 Å². The van der Waals surface area contributed by atoms with Crippen molar-refractivity contribution in [1.29, 1.82) is 5.26 Å². The first-order valence-electron chi connectivity index (χ1n) is 7.06. The molecule has 1 unspecified atom stereocenters. The van der Waals surface area contributed by atoms with Gasteiger partial charge in [-0.05, 0) is 26.7 Å². The summed E-state index contributed by atoms with van der Waals surface area (Å²) < 4.78 is 1.62. The standard InChI is InChI=1S/C15H19N5OS/c1-9(2)12-8-22-14(17-12)10(6-16)13(21)11-7-20(19-18-11)15(3,4)5/h7-10H,1-5H3. The van der Waals surface area contributed by atoms with Crippen LogP contribution in [0.4, 0.5) is 0 Å². The number of ketones is 1. The summed E-state index contributed by atoms with van der Waals surface area (Å²) in [5.74, 6) is -1.02. The van der Waals surface area contributed by atoms with Gasteiger partial charge in [0.15, 0.2) is 11.6 Å². The summed E-state index contributed by atoms with van der Waals surface area (Å²) >= 11 is 1.34. The molecule has 0 bridgehead atoms. The van der Waals surface area contributed by atoms with Crippen LogP contribution in [-0.4, -0.2) is 25.8 Å². The van der Waals surface area contributed by atoms with E-state index in [1.807, 2.05) is 46.1 Å². The van der Waals surface area contributed by atoms with E-state index in [4.69, 9.17) is 0 Å². The van der Waals surface area contributed by atoms with E-state index in [9.17, 15) is 10.1 Å². The molecule has 0 aliphatic rings. The van der Waals surface area contributed by atoms with Gasteiger partial charge in [0, 0.05) is 5.38 Å². The number of nitrogens with zero attached hydrogens (tertiary/aromatic N) is 5. The van der Waals surface area contributed by atoms with Gasteiger partial charge in [0.25, 0.3) is 0 Å². The van der Waals surface area contributed by atoms with Crippen molar-refractivity contribution in [3.05, 3.63) is 28.0 Å². The average Bonchev–Trinajstić information content (AvgIpc) is 3.08. The van der Waals surface area contributed by atoms with Gasteiger partial charge in [-0.25, -0.2) is 9.67 Å². The summed E-state index contributed by atoms with van der Waals surface area (Å²) in [6.07, 6.45) is 1.59. The molecule has 0 aliphatic carbocycles. The number of rotatable bonds is 4. The van der Waals surface area contributed by atoms with Gasteiger partial charge in [-0.1, -0.05) is 19.1 Å². The van der Waals surface area contributed by atoms with Crippen molar-refractivity contribution >= 4 is 17.1 Å². The second-order valence-corrected chi connectivity index (χ2v) is 7.30. The van der Waals surface area contributed by atoms with E-state index in [0.717, 1.165) is 5.69 Å². The topological polar surface area (TPSA) is 84.5 Å². The van der Waals surface area contributed by atoms with Crippen LogP contribution in [0, 0.1) is 11.3 Å². The maximum absolute atomic E-state index is 12.5. The number of aromatic nitrogens is 4. The molecule has 2 heterocycles. The van der Waals surface area contributed by atoms with E-state index in [1.54, 1.807) is 10.9 Å². The lowest BCUT2D eigenvalue weighted by molar-refractivity contribution is 0.0974. The summed E-state index contributed by atoms with van der Waals surface area (Å²) in [5, 5.41) is 19.7. The molecule has 0 spiro atoms. The van der Waals surface area contributed by atoms with Crippen LogP contribution in [0.5, 0.6) is 0 Å². The molecule has 0 aromatic carbocycles. The Hall–Kier alpha value is -2.07. The van der Waals surface area contributed by atoms with E-state index in [0.29, 0.717) is 5.01 Å². The highest BCUT2D eigenvalue weighted by Crippen LogP contribution is 2.26. The highest BCUT2D eigenvalue weighted by atomic mass is 32.1. The van der Waals surface area contributed by atoms with Crippen molar-refractivity contribution in [2.45, 2.75) is 52.0 Å². The molecular formula is C15H19N5OS. The molecule has 1 atom stereocenters. The lowest BCUT2D eigenvalue weighted by Gasteiger charge is -2.17. The van der Waals surface area contributed by atoms with E-state index in [1.165, 1.54) is 11.3 Å². The Balaban J connectivity index is 2.29. The van der Waals surface area contributed by atoms with Gasteiger partial charge in [-0.3, -0.25) is 4.79 Å². The molecule has 0 N–H and O–H groups in total. The Bertz CT molecular complexity index is 717. The molecule has 0 fully saturated rings. The lowest BCUT2D eigenvalue weighted by atomic mass is 10.0. The highest BCUT2D eigenvalue weighted by molar-refractivity contribution is 7.10. The molecule has 116 valence electrons. The fraction of sp³-hybridized carbons (Fsp3) is 0.533. The van der Waals surface area contributed by atoms with E-state index >= 15 is 0 Å². The average molecular weight is 317 g/mol. The predicted octanol–water partition coefficient (Wildman–Crippen LogP) is 3.10. The quantitative estimate of drug-likeness (QED) is 0.809. The van der Waals surface area contributed by atoms with Crippen LogP contribution >= 0.6 is 11.3 Å². The second kappa shape index (κ2) is 5.97. The highest BCUT2D eigenvalue weighted by Gasteiger charge is 2.28. The number of Topliss-reactive ketones (excluding diaryl/α,β-unsaturated/α-hetero) is 1. The minimum absolute atomic E-state index is 0.197. The number of thiazole rings is 1. The number of carbonyl (C=O) groups excluding carboxylic acids is 1. The van der Waals surface area contributed by atoms with Crippen molar-refractivity contribution in [3.8, 4) is 6.07 Å². The molecule has 0 saturated carbocycles. The third-order valence-electron chi connectivity index (χ3n) is 3.20. The Morgan fingerprint density at radius 1 is 1.41 bits per heavy atom. The first-order valence-corrected chi connectivity index (χ1v) is 7.94. The van der Waals surface area contributed by atoms with Crippen LogP contribution in [0.1, 0.15) is 67.6 Å². The van der Waals surface area contributed by atoms with Crippen LogP contribution in [0.25, 0.3) is 0 Å². The zero-order valence-electron chi connectivity index (χ0n) is 13.4. The fourth-order valence-corrected chi connectivity index (χ4v) is 2.80. The van der Waals surface area contributed by atoms with Crippen LogP contribution in [-0.2, 0) is 5.54 Å². The van der Waals surface area contributed by atoms with Crippen LogP contribution in [0.3, 0.4) is 0 Å². The molecule has 6 nitrogen and oxygen atoms in total. The minimum Gasteiger partial charge on any atom is -0.290 e. The van der Waals surface area contributed by atoms with Crippen LogP contribution in [0.15, 0.2) is 11.6 Å². The molecule has 0 amide bonds. The normalized spacial score (nSPS) is 13.1. The van der Waals surface area contributed by atoms with Gasteiger partial charge in [-0.15, -0.1) is 16.4 Å². The monoisotopic (exact) mass is 317 g/mol. The van der Waals surface area contributed by atoms with Crippen molar-refractivity contribution < 1.29 is 4.79 Å². The van der Waals surface area contributed by atoms with Crippen LogP contribution < -0.4 is 0 Å². The second-order valence-electron chi connectivity index (χ2n) is 6.41. The fourth-order valence-electron chi connectivity index (χ4n) is 1.78. The van der Waals surface area contributed by atoms with E-state index in [-0.39, 0.29) is 22.9 Å². The summed E-state index contributed by atoms with van der Waals surface area (Å²) in [4.78, 5) is 16.9. The van der Waals surface area contributed by atoms with Gasteiger partial charge in [0.2, 0.25) is 5.78 Å². The van der Waals surface area contributed by atoms with Gasteiger partial charge < -0.3 is 0 Å². The van der Waals surface area contributed by atoms with Gasteiger partial charge in [0.1, 0.15) is 5.01 Å². The largest absolute Gasteiger partial charge is 0.290 e. The number of nitriles is 1. The molecular weight excluding hydrogens is 298 g/mol. The smallest absolute Gasteiger partial charge is 0.208 e. The molecule has 0 radical (unpaired) electrons. The minimum atomic E-state index is -0.928. The zero-order valence-corrected chi connectivity index (χ0v) is 14.2. The maximum Gasteiger partial charge on any atom is 0.208 e. The van der Waals surface area contributed by atoms with Crippen LogP contribution in [0.2, 0.25) is 0 Å². The molecule has 2 aromatic heterocycles. The Morgan fingerprint density at radius 2 is 2.09 bits per heavy atom. The lowest BCUT2D eigenvalue weighted by Crippen LogP contribution is -2.22. The van der Waals surface area contributed by atoms with Gasteiger partial charge in [0.05, 0.1) is 23.5 Å². The summed E-state index contributed by atoms with van der Waals surface area (Å²) in [6, 6.07) is 2.04. The predicted molar refractivity (Wildman–Crippen MR) is 83.9 cm³/mol. The first-order chi connectivity index (χ1) is 10.2. The zero-order chi connectivity index (χ0) is 16.5. The first kappa shape index (κ1) is 16.3. The van der Waals surface area contributed by atoms with Crippen molar-refractivity contribution in [3.63, 3.8) is 0 Å². The molecule has 22 heavy (non-hydrogen) atoms. The number of carbonyl (C=O) groups is 1. The van der Waals surface area contributed by atoms with Gasteiger partial charge >= 0.3 is 0 Å². The van der Waals surface area contributed by atoms with Crippen molar-refractivity contribution in [2.24, 2.45) is 0 Å². The Kier molecular flexibility index (Phi) is 4.42. The molecule has 0 saturated heterocycles. The number of hydrogen-bond acceptors (Lipinski definition) is 6. The summed E-state index contributed by atoms with van der Waals surface area (Å²) in [6.45, 7) is 9.95. The van der Waals surface area contributed by atoms with Crippen molar-refractivity contribution in [2.75, 3.05) is 0 Å². The number of hydrogen-bond donors (Lipinski definition) is 0. The summed E-state index contributed by atoms with van der Waals surface area (Å²) in [5.41, 5.74) is 0.828. The molecule has 0 aliphatic heterocycles. The van der Waals surface area contributed by atoms with Crippen molar-refractivity contribution in [1.82, 2.24) is 20.0 Å². The molecule has 2 rings (SSSR count). The van der Waals surface area contributed by atoms with E-state index in [2.05, 4.69) is 15.3 Å². The Morgan fingerprint density at radius 3 is 2.55 bits per heavy atom. The van der Waals surface area contributed by atoms with Gasteiger partial charge in [-0.2, -0.15) is 5.26 Å². The molecule has 2 aromatic rings. The maximum atomic E-state index is 12.5. The molecule has 7 heteroatoms. The Labute approximate surface area is 133 Å². The third-order valence-corrected chi connectivity index (χ3v) is 4.13. The SMILES string of the molecule is CC(C)c1csc(C(C#N)C(=O)c2cn(C(C)(C)C)nn2)n1. The summed E-state index contributed by atoms with van der Waals surface area (Å²) in [7, 11) is 0.